The third-order valence-corrected chi connectivity index (χ3v) is 11.1. The Morgan fingerprint density at radius 3 is 2.15 bits per heavy atom. The third kappa shape index (κ3) is 2.84. The van der Waals surface area contributed by atoms with E-state index in [1.165, 1.54) is 16.2 Å². The van der Waals surface area contributed by atoms with Gasteiger partial charge in [0.15, 0.2) is 0 Å². The van der Waals surface area contributed by atoms with Crippen LogP contribution in [0.3, 0.4) is 0 Å². The van der Waals surface area contributed by atoms with E-state index in [1.807, 2.05) is 24.3 Å². The zero-order valence-corrected chi connectivity index (χ0v) is 20.8. The second-order valence-corrected chi connectivity index (χ2v) is 12.6. The van der Waals surface area contributed by atoms with Gasteiger partial charge in [-0.25, -0.2) is 0 Å². The van der Waals surface area contributed by atoms with Crippen LogP contribution in [0.2, 0.25) is 10.0 Å². The molecule has 2 aromatic carbocycles. The fourth-order valence-electron chi connectivity index (χ4n) is 6.90. The first-order valence-electron chi connectivity index (χ1n) is 11.2. The number of carbonyl (C=O) groups excluding carboxylic acids is 2. The number of carbonyl (C=O) groups is 2. The maximum absolute atomic E-state index is 13.7. The Morgan fingerprint density at radius 1 is 0.853 bits per heavy atom. The topological polar surface area (TPSA) is 70.2 Å². The van der Waals surface area contributed by atoms with Crippen molar-refractivity contribution in [1.29, 1.82) is 0 Å². The summed E-state index contributed by atoms with van der Waals surface area (Å²) < 4.78 is 0. The highest BCUT2D eigenvalue weighted by atomic mass is 35.5. The second-order valence-electron chi connectivity index (χ2n) is 9.50. The number of H-pyrrole nitrogens is 1. The van der Waals surface area contributed by atoms with E-state index in [-0.39, 0.29) is 57.4 Å². The number of anilines is 1. The number of aromatic nitrogens is 1. The van der Waals surface area contributed by atoms with Gasteiger partial charge in [0, 0.05) is 26.1 Å². The van der Waals surface area contributed by atoms with Crippen LogP contribution in [0.5, 0.6) is 0 Å². The van der Waals surface area contributed by atoms with Gasteiger partial charge in [-0.3, -0.25) is 19.3 Å². The highest BCUT2D eigenvalue weighted by molar-refractivity contribution is 8.00. The summed E-state index contributed by atoms with van der Waals surface area (Å²) in [7, 11) is 0. The molecule has 1 saturated heterocycles. The summed E-state index contributed by atoms with van der Waals surface area (Å²) in [5, 5.41) is 2.31. The largest absolute Gasteiger partial charge is 0.307 e. The van der Waals surface area contributed by atoms with Gasteiger partial charge in [-0.05, 0) is 66.1 Å². The number of amides is 2. The zero-order valence-electron chi connectivity index (χ0n) is 17.6. The number of nitrogens with one attached hydrogen (secondary N) is 1. The van der Waals surface area contributed by atoms with Crippen molar-refractivity contribution < 1.29 is 9.59 Å². The third-order valence-electron chi connectivity index (χ3n) is 8.04. The highest BCUT2D eigenvalue weighted by Gasteiger charge is 2.69. The lowest BCUT2D eigenvalue weighted by Crippen LogP contribution is -2.42. The van der Waals surface area contributed by atoms with Gasteiger partial charge in [-0.1, -0.05) is 46.7 Å². The van der Waals surface area contributed by atoms with E-state index < -0.39 is 0 Å². The van der Waals surface area contributed by atoms with Gasteiger partial charge in [0.1, 0.15) is 0 Å². The van der Waals surface area contributed by atoms with Crippen molar-refractivity contribution in [2.24, 2.45) is 29.6 Å². The number of thioether (sulfide) groups is 1. The number of halogens is 2. The molecule has 9 heteroatoms. The summed E-state index contributed by atoms with van der Waals surface area (Å²) in [5.41, 5.74) is 1.69. The van der Waals surface area contributed by atoms with Crippen molar-refractivity contribution in [3.63, 3.8) is 0 Å². The molecule has 4 aliphatic rings. The number of imide groups is 1. The smallest absolute Gasteiger partial charge is 0.305 e. The van der Waals surface area contributed by atoms with Gasteiger partial charge in [0.25, 0.3) is 0 Å². The summed E-state index contributed by atoms with van der Waals surface area (Å²) in [6, 6.07) is 14.7. The maximum Gasteiger partial charge on any atom is 0.305 e. The summed E-state index contributed by atoms with van der Waals surface area (Å²) in [6.07, 6.45) is 0.868. The number of rotatable bonds is 2. The molecule has 172 valence electrons. The quantitative estimate of drug-likeness (QED) is 0.450. The molecule has 2 aliphatic heterocycles. The van der Waals surface area contributed by atoms with Gasteiger partial charge in [0.05, 0.1) is 22.5 Å². The molecule has 3 heterocycles. The van der Waals surface area contributed by atoms with Gasteiger partial charge in [-0.15, -0.1) is 11.8 Å². The molecule has 2 aliphatic carbocycles. The first-order valence-corrected chi connectivity index (χ1v) is 13.7. The molecule has 1 aromatic heterocycles. The van der Waals surface area contributed by atoms with E-state index in [1.54, 1.807) is 36.0 Å². The van der Waals surface area contributed by atoms with Crippen molar-refractivity contribution in [2.75, 3.05) is 4.90 Å². The summed E-state index contributed by atoms with van der Waals surface area (Å²) in [6.45, 7) is 0. The van der Waals surface area contributed by atoms with Crippen LogP contribution in [0.15, 0.2) is 58.4 Å². The number of nitrogens with zero attached hydrogens (tertiary/aromatic N) is 1. The van der Waals surface area contributed by atoms with Crippen molar-refractivity contribution in [2.45, 2.75) is 22.6 Å². The fraction of sp³-hybridized carbons (Fsp3) is 0.320. The molecule has 1 N–H and O–H groups in total. The number of hydrogen-bond donors (Lipinski definition) is 1. The molecule has 2 bridgehead atoms. The number of aromatic amines is 1. The van der Waals surface area contributed by atoms with Crippen LogP contribution >= 0.6 is 46.3 Å². The molecule has 5 nitrogen and oxygen atoms in total. The van der Waals surface area contributed by atoms with Crippen molar-refractivity contribution in [1.82, 2.24) is 4.98 Å². The average Bonchev–Trinajstić information content (AvgIpc) is 3.54. The first-order chi connectivity index (χ1) is 16.4. The van der Waals surface area contributed by atoms with E-state index in [0.717, 1.165) is 21.9 Å². The van der Waals surface area contributed by atoms with E-state index in [9.17, 15) is 14.4 Å². The van der Waals surface area contributed by atoms with E-state index >= 15 is 0 Å². The molecule has 7 atom stereocenters. The van der Waals surface area contributed by atoms with Crippen LogP contribution in [0.4, 0.5) is 5.69 Å². The standard InChI is InChI=1S/C25H18Cl2N2O3S2/c26-11-3-1-10(2-4-11)16-17-14-9-15(20(17)33-22-21(16)34-25(32)28-22)19-18(14)23(30)29(24(19)31)13-7-5-12(27)6-8-13/h1-8,14-20H,9H2,(H,28,32)/t14-,15+,16-,17+,18+,19-,20-/m1/s1. The molecule has 3 fully saturated rings. The number of benzene rings is 2. The predicted octanol–water partition coefficient (Wildman–Crippen LogP) is 5.42. The fourth-order valence-corrected chi connectivity index (χ4v) is 10.0. The Morgan fingerprint density at radius 2 is 1.47 bits per heavy atom. The Kier molecular flexibility index (Phi) is 4.67. The Labute approximate surface area is 213 Å². The molecule has 0 spiro atoms. The van der Waals surface area contributed by atoms with Gasteiger partial charge in [0.2, 0.25) is 11.8 Å². The summed E-state index contributed by atoms with van der Waals surface area (Å²) in [5.74, 6) is -0.448. The highest BCUT2D eigenvalue weighted by Crippen LogP contribution is 2.68. The number of fused-ring (bicyclic) bond motifs is 9. The first kappa shape index (κ1) is 21.2. The van der Waals surface area contributed by atoms with Gasteiger partial charge >= 0.3 is 4.87 Å². The lowest BCUT2D eigenvalue weighted by Gasteiger charge is -2.43. The minimum absolute atomic E-state index is 0.00546. The molecular formula is C25H18Cl2N2O3S2. The minimum atomic E-state index is -0.318. The minimum Gasteiger partial charge on any atom is -0.307 e. The van der Waals surface area contributed by atoms with E-state index in [0.29, 0.717) is 15.7 Å². The monoisotopic (exact) mass is 528 g/mol. The molecule has 34 heavy (non-hydrogen) atoms. The summed E-state index contributed by atoms with van der Waals surface area (Å²) >= 11 is 15.2. The SMILES string of the molecule is O=C1[C@@H]2[C@@H]3C[C@@H]([C@@H]2C(=O)N1c1ccc(Cl)cc1)[C@H]1[C@@H](c2ccc(Cl)cc2)c2sc(=O)[nH]c2S[C@H]31. The van der Waals surface area contributed by atoms with Crippen LogP contribution in [0.25, 0.3) is 0 Å². The molecular weight excluding hydrogens is 511 g/mol. The van der Waals surface area contributed by atoms with E-state index in [4.69, 9.17) is 23.2 Å². The lowest BCUT2D eigenvalue weighted by molar-refractivity contribution is -0.123. The van der Waals surface area contributed by atoms with Gasteiger partial charge in [-0.2, -0.15) is 0 Å². The Bertz CT molecular complexity index is 1400. The molecule has 2 amide bonds. The van der Waals surface area contributed by atoms with Crippen LogP contribution < -0.4 is 9.77 Å². The Balaban J connectivity index is 1.32. The maximum atomic E-state index is 13.7. The number of thiazole rings is 1. The van der Waals surface area contributed by atoms with E-state index in [2.05, 4.69) is 4.98 Å². The van der Waals surface area contributed by atoms with Gasteiger partial charge < -0.3 is 4.98 Å². The summed E-state index contributed by atoms with van der Waals surface area (Å²) in [4.78, 5) is 44.9. The molecule has 7 rings (SSSR count). The number of hydrogen-bond acceptors (Lipinski definition) is 5. The van der Waals surface area contributed by atoms with Crippen molar-refractivity contribution in [3.05, 3.63) is 78.7 Å². The zero-order chi connectivity index (χ0) is 23.3. The molecule has 3 aromatic rings. The average molecular weight is 529 g/mol. The van der Waals surface area contributed by atoms with Crippen LogP contribution in [0, 0.1) is 29.6 Å². The van der Waals surface area contributed by atoms with Crippen LogP contribution in [-0.2, 0) is 9.59 Å². The normalized spacial score (nSPS) is 33.2. The molecule has 0 unspecified atom stereocenters. The van der Waals surface area contributed by atoms with Crippen molar-refractivity contribution in [3.8, 4) is 0 Å². The van der Waals surface area contributed by atoms with Crippen LogP contribution in [-0.4, -0.2) is 22.0 Å². The predicted molar refractivity (Wildman–Crippen MR) is 134 cm³/mol. The van der Waals surface area contributed by atoms with Crippen LogP contribution in [0.1, 0.15) is 22.8 Å². The Hall–Kier alpha value is -2.06. The molecule has 2 saturated carbocycles. The second kappa shape index (κ2) is 7.47. The van der Waals surface area contributed by atoms with Crippen molar-refractivity contribution >= 4 is 63.8 Å². The lowest BCUT2D eigenvalue weighted by atomic mass is 9.68. The molecule has 0 radical (unpaired) electrons.